The summed E-state index contributed by atoms with van der Waals surface area (Å²) in [6, 6.07) is 9.53. The zero-order valence-electron chi connectivity index (χ0n) is 8.38. The van der Waals surface area contributed by atoms with Crippen molar-refractivity contribution in [1.82, 2.24) is 5.01 Å². The van der Waals surface area contributed by atoms with Crippen LogP contribution in [0, 0.1) is 4.91 Å². The molecule has 1 aromatic rings. The zero-order valence-corrected chi connectivity index (χ0v) is 8.38. The summed E-state index contributed by atoms with van der Waals surface area (Å²) in [7, 11) is 1.60. The molecule has 0 saturated heterocycles. The van der Waals surface area contributed by atoms with E-state index in [0.29, 0.717) is 6.61 Å². The van der Waals surface area contributed by atoms with Gasteiger partial charge in [0, 0.05) is 19.2 Å². The molecule has 0 fully saturated rings. The van der Waals surface area contributed by atoms with Crippen LogP contribution in [0.4, 0.5) is 0 Å². The van der Waals surface area contributed by atoms with Gasteiger partial charge in [-0.15, -0.1) is 4.91 Å². The Hall–Kier alpha value is -1.42. The van der Waals surface area contributed by atoms with Crippen molar-refractivity contribution in [2.24, 2.45) is 5.29 Å². The molecule has 14 heavy (non-hydrogen) atoms. The van der Waals surface area contributed by atoms with Gasteiger partial charge in [-0.1, -0.05) is 30.3 Å². The predicted octanol–water partition coefficient (Wildman–Crippen LogP) is 2.33. The van der Waals surface area contributed by atoms with E-state index in [4.69, 9.17) is 4.74 Å². The Balaban J connectivity index is 2.82. The van der Waals surface area contributed by atoms with Crippen LogP contribution in [0.3, 0.4) is 0 Å². The van der Waals surface area contributed by atoms with Crippen LogP contribution in [0.25, 0.3) is 0 Å². The van der Waals surface area contributed by atoms with Crippen LogP contribution in [0.15, 0.2) is 35.6 Å². The lowest BCUT2D eigenvalue weighted by molar-refractivity contribution is -0.0449. The van der Waals surface area contributed by atoms with Crippen LogP contribution >= 0.6 is 0 Å². The third-order valence-electron chi connectivity index (χ3n) is 1.88. The van der Waals surface area contributed by atoms with Crippen molar-refractivity contribution in [2.75, 3.05) is 13.7 Å². The summed E-state index contributed by atoms with van der Waals surface area (Å²) in [6.07, 6.45) is -0.390. The minimum atomic E-state index is -0.390. The molecule has 0 saturated carbocycles. The summed E-state index contributed by atoms with van der Waals surface area (Å²) in [5, 5.41) is 4.10. The van der Waals surface area contributed by atoms with E-state index in [1.54, 1.807) is 7.05 Å². The molecule has 1 rings (SSSR count). The van der Waals surface area contributed by atoms with E-state index < -0.39 is 6.23 Å². The molecule has 0 spiro atoms. The van der Waals surface area contributed by atoms with Crippen LogP contribution in [0.2, 0.25) is 0 Å². The Kier molecular flexibility index (Phi) is 4.07. The van der Waals surface area contributed by atoms with Crippen molar-refractivity contribution in [1.29, 1.82) is 0 Å². The number of benzene rings is 1. The second-order valence-corrected chi connectivity index (χ2v) is 2.87. The fourth-order valence-electron chi connectivity index (χ4n) is 1.24. The molecular weight excluding hydrogens is 180 g/mol. The summed E-state index contributed by atoms with van der Waals surface area (Å²) < 4.78 is 5.41. The first-order chi connectivity index (χ1) is 6.79. The van der Waals surface area contributed by atoms with E-state index in [0.717, 1.165) is 5.56 Å². The van der Waals surface area contributed by atoms with Gasteiger partial charge in [-0.25, -0.2) is 5.01 Å². The molecule has 0 amide bonds. The van der Waals surface area contributed by atoms with Crippen LogP contribution in [-0.2, 0) is 4.74 Å². The Bertz CT molecular complexity index is 277. The van der Waals surface area contributed by atoms with Crippen molar-refractivity contribution in [3.8, 4) is 0 Å². The van der Waals surface area contributed by atoms with Gasteiger partial charge >= 0.3 is 0 Å². The Morgan fingerprint density at radius 2 is 2.07 bits per heavy atom. The predicted molar refractivity (Wildman–Crippen MR) is 54.4 cm³/mol. The average molecular weight is 194 g/mol. The van der Waals surface area contributed by atoms with Crippen molar-refractivity contribution in [3.63, 3.8) is 0 Å². The second kappa shape index (κ2) is 5.34. The highest BCUT2D eigenvalue weighted by atomic mass is 16.5. The summed E-state index contributed by atoms with van der Waals surface area (Å²) in [4.78, 5) is 10.4. The Morgan fingerprint density at radius 1 is 1.43 bits per heavy atom. The minimum absolute atomic E-state index is 0.390. The highest BCUT2D eigenvalue weighted by Crippen LogP contribution is 2.20. The standard InChI is InChI=1S/C10H14N2O2/c1-3-14-10(12(2)11-13)9-7-5-4-6-8-9/h4-8,10H,3H2,1-2H3. The summed E-state index contributed by atoms with van der Waals surface area (Å²) in [6.45, 7) is 2.42. The highest BCUT2D eigenvalue weighted by Gasteiger charge is 2.15. The van der Waals surface area contributed by atoms with E-state index >= 15 is 0 Å². The van der Waals surface area contributed by atoms with Gasteiger partial charge in [0.2, 0.25) is 0 Å². The molecule has 0 bridgehead atoms. The van der Waals surface area contributed by atoms with Gasteiger partial charge in [0.05, 0.1) is 5.29 Å². The topological polar surface area (TPSA) is 41.9 Å². The summed E-state index contributed by atoms with van der Waals surface area (Å²) >= 11 is 0. The molecule has 0 aliphatic heterocycles. The Labute approximate surface area is 83.4 Å². The summed E-state index contributed by atoms with van der Waals surface area (Å²) in [5.74, 6) is 0. The molecule has 0 heterocycles. The van der Waals surface area contributed by atoms with Gasteiger partial charge in [0.15, 0.2) is 6.23 Å². The first kappa shape index (κ1) is 10.7. The zero-order chi connectivity index (χ0) is 10.4. The maximum absolute atomic E-state index is 10.4. The SMILES string of the molecule is CCOC(c1ccccc1)N(C)N=O. The van der Waals surface area contributed by atoms with Gasteiger partial charge in [-0.2, -0.15) is 0 Å². The smallest absolute Gasteiger partial charge is 0.174 e. The quantitative estimate of drug-likeness (QED) is 0.410. The van der Waals surface area contributed by atoms with Crippen LogP contribution in [-0.4, -0.2) is 18.7 Å². The first-order valence-electron chi connectivity index (χ1n) is 4.52. The molecule has 0 aliphatic rings. The third kappa shape index (κ3) is 2.53. The van der Waals surface area contributed by atoms with Crippen molar-refractivity contribution in [3.05, 3.63) is 40.8 Å². The van der Waals surface area contributed by atoms with E-state index in [2.05, 4.69) is 5.29 Å². The van der Waals surface area contributed by atoms with Gasteiger partial charge in [0.25, 0.3) is 0 Å². The van der Waals surface area contributed by atoms with E-state index in [1.807, 2.05) is 37.3 Å². The van der Waals surface area contributed by atoms with Crippen molar-refractivity contribution >= 4 is 0 Å². The molecule has 4 heteroatoms. The minimum Gasteiger partial charge on any atom is -0.353 e. The monoisotopic (exact) mass is 194 g/mol. The average Bonchev–Trinajstić information content (AvgIpc) is 2.26. The highest BCUT2D eigenvalue weighted by molar-refractivity contribution is 5.16. The molecule has 0 aliphatic carbocycles. The van der Waals surface area contributed by atoms with Gasteiger partial charge < -0.3 is 4.74 Å². The van der Waals surface area contributed by atoms with E-state index in [9.17, 15) is 4.91 Å². The second-order valence-electron chi connectivity index (χ2n) is 2.87. The Morgan fingerprint density at radius 3 is 2.57 bits per heavy atom. The lowest BCUT2D eigenvalue weighted by Crippen LogP contribution is -2.21. The van der Waals surface area contributed by atoms with E-state index in [1.165, 1.54) is 5.01 Å². The fourth-order valence-corrected chi connectivity index (χ4v) is 1.24. The number of rotatable bonds is 5. The number of nitroso groups, excluding NO2 is 1. The lowest BCUT2D eigenvalue weighted by atomic mass is 10.2. The fraction of sp³-hybridized carbons (Fsp3) is 0.400. The van der Waals surface area contributed by atoms with Gasteiger partial charge in [-0.3, -0.25) is 0 Å². The number of hydrogen-bond acceptors (Lipinski definition) is 3. The van der Waals surface area contributed by atoms with Crippen molar-refractivity contribution in [2.45, 2.75) is 13.2 Å². The molecular formula is C10H14N2O2. The first-order valence-corrected chi connectivity index (χ1v) is 4.52. The third-order valence-corrected chi connectivity index (χ3v) is 1.88. The number of ether oxygens (including phenoxy) is 1. The largest absolute Gasteiger partial charge is 0.353 e. The van der Waals surface area contributed by atoms with E-state index in [-0.39, 0.29) is 0 Å². The van der Waals surface area contributed by atoms with Crippen molar-refractivity contribution < 1.29 is 4.74 Å². The van der Waals surface area contributed by atoms with Crippen LogP contribution < -0.4 is 0 Å². The van der Waals surface area contributed by atoms with Crippen LogP contribution in [0.1, 0.15) is 18.7 Å². The molecule has 0 N–H and O–H groups in total. The van der Waals surface area contributed by atoms with Gasteiger partial charge in [0.1, 0.15) is 0 Å². The lowest BCUT2D eigenvalue weighted by Gasteiger charge is -2.22. The molecule has 0 aromatic heterocycles. The summed E-state index contributed by atoms with van der Waals surface area (Å²) in [5.41, 5.74) is 0.927. The maximum Gasteiger partial charge on any atom is 0.174 e. The molecule has 76 valence electrons. The van der Waals surface area contributed by atoms with Crippen LogP contribution in [0.5, 0.6) is 0 Å². The van der Waals surface area contributed by atoms with Gasteiger partial charge in [-0.05, 0) is 6.92 Å². The molecule has 0 radical (unpaired) electrons. The molecule has 1 aromatic carbocycles. The molecule has 1 atom stereocenters. The molecule has 1 unspecified atom stereocenters. The number of nitrogens with zero attached hydrogens (tertiary/aromatic N) is 2. The normalized spacial score (nSPS) is 12.1. The molecule has 4 nitrogen and oxygen atoms in total. The maximum atomic E-state index is 10.4. The number of hydrogen-bond donors (Lipinski definition) is 0.